The molecule has 0 bridgehead atoms. The summed E-state index contributed by atoms with van der Waals surface area (Å²) in [6.45, 7) is -3.21. The van der Waals surface area contributed by atoms with Crippen molar-refractivity contribution in [1.29, 1.82) is 0 Å². The lowest BCUT2D eigenvalue weighted by Crippen LogP contribution is -2.61. The molecule has 0 saturated carbocycles. The molecule has 0 aliphatic carbocycles. The first kappa shape index (κ1) is 14.8. The predicted molar refractivity (Wildman–Crippen MR) is 75.2 cm³/mol. The van der Waals surface area contributed by atoms with Gasteiger partial charge in [-0.15, -0.1) is 0 Å². The van der Waals surface area contributed by atoms with E-state index < -0.39 is 88.8 Å². The zero-order chi connectivity index (χ0) is 21.3. The van der Waals surface area contributed by atoms with Crippen molar-refractivity contribution in [2.24, 2.45) is 0 Å². The maximum absolute atomic E-state index is 11.0. The number of carbonyl (C=O) groups is 4. The summed E-state index contributed by atoms with van der Waals surface area (Å²) >= 11 is 0. The molecular weight excluding hydrogens is 328 g/mol. The van der Waals surface area contributed by atoms with E-state index >= 15 is 0 Å². The minimum absolute atomic E-state index is 0.392. The van der Waals surface area contributed by atoms with Gasteiger partial charge >= 0.3 is 0 Å². The van der Waals surface area contributed by atoms with Gasteiger partial charge in [0, 0.05) is 0 Å². The van der Waals surface area contributed by atoms with Crippen LogP contribution in [-0.4, -0.2) is 93.9 Å². The van der Waals surface area contributed by atoms with Gasteiger partial charge in [0.1, 0.15) is 81.4 Å². The zero-order valence-corrected chi connectivity index (χ0v) is 12.5. The van der Waals surface area contributed by atoms with E-state index in [1.807, 2.05) is 0 Å². The molecule has 0 amide bonds. The second kappa shape index (κ2) is 11.9. The third-order valence-corrected chi connectivity index (χ3v) is 3.06. The Balaban J connectivity index is 3.03. The van der Waals surface area contributed by atoms with Gasteiger partial charge in [0.05, 0.1) is 6.61 Å². The van der Waals surface area contributed by atoms with Gasteiger partial charge in [-0.2, -0.15) is 0 Å². The number of carbonyl (C=O) groups excluding carboxylic acids is 4. The normalized spacial score (nSPS) is 32.1. The number of hydrogen-bond donors (Lipinski definition) is 1. The Morgan fingerprint density at radius 2 is 1.33 bits per heavy atom. The number of ether oxygens (including phenoxy) is 5. The molecule has 0 spiro atoms. The van der Waals surface area contributed by atoms with E-state index in [2.05, 4.69) is 0 Å². The minimum atomic E-state index is -1.74. The van der Waals surface area contributed by atoms with Crippen LogP contribution in [0.5, 0.6) is 0 Å². The van der Waals surface area contributed by atoms with E-state index in [9.17, 15) is 24.3 Å². The molecule has 1 fully saturated rings. The molecule has 0 radical (unpaired) electrons. The van der Waals surface area contributed by atoms with Crippen molar-refractivity contribution >= 4 is 25.0 Å². The summed E-state index contributed by atoms with van der Waals surface area (Å²) in [5.41, 5.74) is 0. The lowest BCUT2D eigenvalue weighted by molar-refractivity contribution is -0.307. The highest BCUT2D eigenvalue weighted by molar-refractivity contribution is 5.51. The van der Waals surface area contributed by atoms with Crippen LogP contribution in [0.15, 0.2) is 0 Å². The molecule has 1 rings (SSSR count). The Kier molecular flexibility index (Phi) is 7.31. The summed E-state index contributed by atoms with van der Waals surface area (Å²) in [5, 5.41) is 10.1. The standard InChI is InChI=1S/C14H20O10/c15-1-5-20-9-10-11(21-6-2-16)12(22-7-3-17)13(14(19)24-10)23-8-4-18/h1-4,10-14,19H,5-9H2/t10-,11+,12+,13-,14?/m1/s1/i1D,2D,3D,4D. The Labute approximate surface area is 143 Å². The summed E-state index contributed by atoms with van der Waals surface area (Å²) < 4.78 is 53.3. The third kappa shape index (κ3) is 6.15. The highest BCUT2D eigenvalue weighted by Crippen LogP contribution is 2.27. The van der Waals surface area contributed by atoms with Crippen molar-refractivity contribution in [3.8, 4) is 0 Å². The molecule has 1 N–H and O–H groups in total. The Morgan fingerprint density at radius 1 is 0.833 bits per heavy atom. The van der Waals surface area contributed by atoms with Crippen LogP contribution in [0.1, 0.15) is 5.48 Å². The maximum atomic E-state index is 11.0. The molecule has 0 aromatic rings. The quantitative estimate of drug-likeness (QED) is 0.360. The highest BCUT2D eigenvalue weighted by atomic mass is 16.7. The van der Waals surface area contributed by atoms with Gasteiger partial charge in [0.2, 0.25) is 0 Å². The van der Waals surface area contributed by atoms with Gasteiger partial charge in [-0.3, -0.25) is 0 Å². The summed E-state index contributed by atoms with van der Waals surface area (Å²) in [6, 6.07) is 0. The zero-order valence-electron chi connectivity index (χ0n) is 16.5. The van der Waals surface area contributed by atoms with Crippen molar-refractivity contribution in [2.75, 3.05) is 33.0 Å². The van der Waals surface area contributed by atoms with E-state index in [0.29, 0.717) is 0 Å². The molecule has 1 unspecified atom stereocenters. The van der Waals surface area contributed by atoms with Crippen molar-refractivity contribution in [3.63, 3.8) is 0 Å². The van der Waals surface area contributed by atoms with E-state index in [4.69, 9.17) is 29.2 Å². The first-order chi connectivity index (χ1) is 13.1. The van der Waals surface area contributed by atoms with Crippen molar-refractivity contribution in [3.05, 3.63) is 0 Å². The average molecular weight is 352 g/mol. The van der Waals surface area contributed by atoms with Crippen molar-refractivity contribution in [1.82, 2.24) is 0 Å². The monoisotopic (exact) mass is 352 g/mol. The van der Waals surface area contributed by atoms with Crippen LogP contribution in [0.3, 0.4) is 0 Å². The number of aliphatic hydroxyl groups is 1. The summed E-state index contributed by atoms with van der Waals surface area (Å²) in [4.78, 5) is 43.5. The number of aliphatic hydroxyl groups excluding tert-OH is 1. The minimum Gasteiger partial charge on any atom is -0.371 e. The van der Waals surface area contributed by atoms with Gasteiger partial charge in [-0.1, -0.05) is 0 Å². The second-order valence-corrected chi connectivity index (χ2v) is 4.48. The lowest BCUT2D eigenvalue weighted by atomic mass is 9.98. The highest BCUT2D eigenvalue weighted by Gasteiger charge is 2.47. The molecule has 1 heterocycles. The summed E-state index contributed by atoms with van der Waals surface area (Å²) in [5.74, 6) is 0. The van der Waals surface area contributed by atoms with E-state index in [-0.39, 0.29) is 0 Å². The van der Waals surface area contributed by atoms with Gasteiger partial charge in [0.25, 0.3) is 0 Å². The molecule has 10 nitrogen and oxygen atoms in total. The predicted octanol–water partition coefficient (Wildman–Crippen LogP) is -2.33. The van der Waals surface area contributed by atoms with Crippen LogP contribution in [-0.2, 0) is 42.9 Å². The average Bonchev–Trinajstić information content (AvgIpc) is 2.57. The molecule has 1 aliphatic rings. The van der Waals surface area contributed by atoms with Crippen LogP contribution in [0.4, 0.5) is 0 Å². The van der Waals surface area contributed by atoms with Gasteiger partial charge < -0.3 is 48.0 Å². The SMILES string of the molecule is [2H]C(=O)COC[C@H]1OC(O)[C@H](OCC([2H])=O)[C@@H](OCC([2H])=O)[C@H]1OCC([2H])=O. The molecule has 1 aliphatic heterocycles. The smallest absolute Gasteiger partial charge is 0.184 e. The Morgan fingerprint density at radius 3 is 1.88 bits per heavy atom. The third-order valence-electron chi connectivity index (χ3n) is 3.06. The lowest BCUT2D eigenvalue weighted by Gasteiger charge is -2.43. The van der Waals surface area contributed by atoms with Gasteiger partial charge in [-0.05, 0) is 0 Å². The van der Waals surface area contributed by atoms with Crippen LogP contribution < -0.4 is 0 Å². The fraction of sp³-hybridized carbons (Fsp3) is 0.714. The van der Waals surface area contributed by atoms with E-state index in [0.717, 1.165) is 0 Å². The van der Waals surface area contributed by atoms with Crippen LogP contribution in [0.2, 0.25) is 0 Å². The van der Waals surface area contributed by atoms with E-state index in [1.54, 1.807) is 0 Å². The molecule has 24 heavy (non-hydrogen) atoms. The Bertz CT molecular complexity index is 574. The van der Waals surface area contributed by atoms with Crippen molar-refractivity contribution < 1.29 is 53.5 Å². The van der Waals surface area contributed by atoms with Gasteiger partial charge in [-0.25, -0.2) is 0 Å². The fourth-order valence-electron chi connectivity index (χ4n) is 2.21. The van der Waals surface area contributed by atoms with Crippen LogP contribution >= 0.6 is 0 Å². The molecule has 136 valence electrons. The molecule has 5 atom stereocenters. The number of hydrogen-bond acceptors (Lipinski definition) is 10. The topological polar surface area (TPSA) is 135 Å². The van der Waals surface area contributed by atoms with Gasteiger partial charge in [0.15, 0.2) is 6.29 Å². The number of rotatable bonds is 13. The molecular formula is C14H20O10. The fourth-order valence-corrected chi connectivity index (χ4v) is 2.21. The van der Waals surface area contributed by atoms with Crippen LogP contribution in [0, 0.1) is 0 Å². The Hall–Kier alpha value is -1.56. The van der Waals surface area contributed by atoms with E-state index in [1.165, 1.54) is 0 Å². The first-order valence-corrected chi connectivity index (χ1v) is 6.85. The number of aldehydes is 4. The molecule has 1 saturated heterocycles. The summed E-state index contributed by atoms with van der Waals surface area (Å²) in [7, 11) is 0. The maximum Gasteiger partial charge on any atom is 0.184 e. The second-order valence-electron chi connectivity index (χ2n) is 4.48. The molecule has 10 heteroatoms. The largest absolute Gasteiger partial charge is 0.371 e. The first-order valence-electron chi connectivity index (χ1n) is 8.85. The van der Waals surface area contributed by atoms with Crippen LogP contribution in [0.25, 0.3) is 0 Å². The van der Waals surface area contributed by atoms with Crippen molar-refractivity contribution in [2.45, 2.75) is 30.7 Å². The molecule has 0 aromatic heterocycles. The summed E-state index contributed by atoms with van der Waals surface area (Å²) in [6.07, 6.45) is -11.4. The molecule has 0 aromatic carbocycles.